The molecule has 0 bridgehead atoms. The van der Waals surface area contributed by atoms with Crippen LogP contribution in [0.4, 0.5) is 0 Å². The summed E-state index contributed by atoms with van der Waals surface area (Å²) in [6.45, 7) is 4.71. The van der Waals surface area contributed by atoms with Crippen LogP contribution in [-0.2, 0) is 0 Å². The van der Waals surface area contributed by atoms with E-state index in [1.807, 2.05) is 6.07 Å². The average Bonchev–Trinajstić information content (AvgIpc) is 2.38. The molecule has 0 aliphatic heterocycles. The topological polar surface area (TPSA) is 38.0 Å². The van der Waals surface area contributed by atoms with Crippen molar-refractivity contribution in [2.24, 2.45) is 23.6 Å². The van der Waals surface area contributed by atoms with Crippen molar-refractivity contribution in [2.75, 3.05) is 0 Å². The molecule has 1 aliphatic carbocycles. The fraction of sp³-hybridized carbons (Fsp3) is 0.600. The quantitative estimate of drug-likeness (QED) is 0.451. The molecule has 0 amide bonds. The summed E-state index contributed by atoms with van der Waals surface area (Å²) in [6, 6.07) is 6.26. The van der Waals surface area contributed by atoms with Crippen molar-refractivity contribution in [1.29, 1.82) is 0 Å². The lowest BCUT2D eigenvalue weighted by Gasteiger charge is -2.37. The van der Waals surface area contributed by atoms with Crippen LogP contribution in [0.25, 0.3) is 0 Å². The van der Waals surface area contributed by atoms with Gasteiger partial charge in [-0.2, -0.15) is 0 Å². The van der Waals surface area contributed by atoms with Crippen LogP contribution >= 0.6 is 34.2 Å². The smallest absolute Gasteiger partial charge is 0.0499 e. The Morgan fingerprint density at radius 2 is 2.05 bits per heavy atom. The monoisotopic (exact) mass is 392 g/mol. The summed E-state index contributed by atoms with van der Waals surface area (Å²) >= 11 is 8.50. The first-order valence-electron chi connectivity index (χ1n) is 6.94. The van der Waals surface area contributed by atoms with Crippen molar-refractivity contribution in [3.63, 3.8) is 0 Å². The molecule has 106 valence electrons. The molecule has 1 aromatic rings. The molecule has 1 aliphatic rings. The molecule has 0 radical (unpaired) electrons. The molecule has 1 aromatic carbocycles. The van der Waals surface area contributed by atoms with E-state index < -0.39 is 0 Å². The largest absolute Gasteiger partial charge is 0.271 e. The van der Waals surface area contributed by atoms with Crippen LogP contribution in [0.1, 0.15) is 44.7 Å². The molecular formula is C15H22ClIN2. The number of rotatable bonds is 3. The van der Waals surface area contributed by atoms with Gasteiger partial charge in [0.2, 0.25) is 0 Å². The fourth-order valence-corrected chi connectivity index (χ4v) is 3.98. The Balaban J connectivity index is 2.22. The standard InChI is InChI=1S/C15H22ClIN2/c1-9-3-4-11(7-10(9)2)15(19-18)13-8-12(16)5-6-14(13)17/h5-6,8-11,15,19H,3-4,7,18H2,1-2H3. The number of nitrogens with one attached hydrogen (secondary N) is 1. The van der Waals surface area contributed by atoms with Crippen LogP contribution in [0, 0.1) is 21.3 Å². The Morgan fingerprint density at radius 1 is 1.32 bits per heavy atom. The molecule has 0 heterocycles. The van der Waals surface area contributed by atoms with Crippen LogP contribution in [0.5, 0.6) is 0 Å². The molecule has 2 rings (SSSR count). The Hall–Kier alpha value is 0.160. The van der Waals surface area contributed by atoms with E-state index in [1.54, 1.807) is 0 Å². The van der Waals surface area contributed by atoms with Gasteiger partial charge in [-0.1, -0.05) is 31.9 Å². The van der Waals surface area contributed by atoms with E-state index in [0.717, 1.165) is 16.9 Å². The second-order valence-corrected chi connectivity index (χ2v) is 7.44. The normalized spacial score (nSPS) is 29.2. The maximum Gasteiger partial charge on any atom is 0.0499 e. The molecule has 2 nitrogen and oxygen atoms in total. The van der Waals surface area contributed by atoms with E-state index >= 15 is 0 Å². The summed E-state index contributed by atoms with van der Waals surface area (Å²) in [5.74, 6) is 8.04. The summed E-state index contributed by atoms with van der Waals surface area (Å²) in [4.78, 5) is 0. The third-order valence-corrected chi connectivity index (χ3v) is 5.80. The first-order chi connectivity index (χ1) is 9.02. The van der Waals surface area contributed by atoms with E-state index in [0.29, 0.717) is 5.92 Å². The second kappa shape index (κ2) is 6.74. The minimum atomic E-state index is 0.209. The molecule has 3 N–H and O–H groups in total. The number of hydrogen-bond donors (Lipinski definition) is 2. The summed E-state index contributed by atoms with van der Waals surface area (Å²) in [6.07, 6.45) is 3.77. The van der Waals surface area contributed by atoms with Crippen LogP contribution in [-0.4, -0.2) is 0 Å². The summed E-state index contributed by atoms with van der Waals surface area (Å²) in [5.41, 5.74) is 4.27. The zero-order valence-electron chi connectivity index (χ0n) is 11.5. The van der Waals surface area contributed by atoms with Gasteiger partial charge in [0.1, 0.15) is 0 Å². The highest BCUT2D eigenvalue weighted by Gasteiger charge is 2.31. The van der Waals surface area contributed by atoms with E-state index in [4.69, 9.17) is 17.4 Å². The van der Waals surface area contributed by atoms with Crippen molar-refractivity contribution in [3.8, 4) is 0 Å². The Kier molecular flexibility index (Phi) is 5.52. The first kappa shape index (κ1) is 15.5. The highest BCUT2D eigenvalue weighted by molar-refractivity contribution is 14.1. The maximum atomic E-state index is 6.14. The Labute approximate surface area is 134 Å². The van der Waals surface area contributed by atoms with Gasteiger partial charge in [0.05, 0.1) is 0 Å². The summed E-state index contributed by atoms with van der Waals surface area (Å²) in [7, 11) is 0. The van der Waals surface area contributed by atoms with Gasteiger partial charge >= 0.3 is 0 Å². The zero-order chi connectivity index (χ0) is 14.0. The summed E-state index contributed by atoms with van der Waals surface area (Å²) < 4.78 is 1.23. The van der Waals surface area contributed by atoms with Crippen LogP contribution < -0.4 is 11.3 Å². The Bertz CT molecular complexity index is 438. The Morgan fingerprint density at radius 3 is 2.68 bits per heavy atom. The highest BCUT2D eigenvalue weighted by Crippen LogP contribution is 2.40. The molecule has 0 saturated heterocycles. The van der Waals surface area contributed by atoms with Crippen LogP contribution in [0.3, 0.4) is 0 Å². The van der Waals surface area contributed by atoms with Crippen molar-refractivity contribution in [3.05, 3.63) is 32.4 Å². The molecule has 4 heteroatoms. The second-order valence-electron chi connectivity index (χ2n) is 5.84. The first-order valence-corrected chi connectivity index (χ1v) is 8.39. The predicted molar refractivity (Wildman–Crippen MR) is 89.9 cm³/mol. The van der Waals surface area contributed by atoms with Gasteiger partial charge in [-0.25, -0.2) is 0 Å². The lowest BCUT2D eigenvalue weighted by Crippen LogP contribution is -2.37. The van der Waals surface area contributed by atoms with Gasteiger partial charge in [0, 0.05) is 14.6 Å². The van der Waals surface area contributed by atoms with E-state index in [-0.39, 0.29) is 6.04 Å². The third-order valence-electron chi connectivity index (χ3n) is 4.58. The maximum absolute atomic E-state index is 6.14. The van der Waals surface area contributed by atoms with Gasteiger partial charge < -0.3 is 0 Å². The SMILES string of the molecule is CC1CCC(C(NN)c2cc(Cl)ccc2I)CC1C. The average molecular weight is 393 g/mol. The van der Waals surface area contributed by atoms with Crippen LogP contribution in [0.2, 0.25) is 5.02 Å². The molecule has 0 aromatic heterocycles. The zero-order valence-corrected chi connectivity index (χ0v) is 14.4. The molecule has 19 heavy (non-hydrogen) atoms. The van der Waals surface area contributed by atoms with Gasteiger partial charge in [-0.3, -0.25) is 11.3 Å². The molecule has 0 spiro atoms. The van der Waals surface area contributed by atoms with Crippen molar-refractivity contribution >= 4 is 34.2 Å². The van der Waals surface area contributed by atoms with Crippen molar-refractivity contribution in [1.82, 2.24) is 5.43 Å². The van der Waals surface area contributed by atoms with Gasteiger partial charge in [0.15, 0.2) is 0 Å². The van der Waals surface area contributed by atoms with Gasteiger partial charge in [-0.15, -0.1) is 0 Å². The highest BCUT2D eigenvalue weighted by atomic mass is 127. The fourth-order valence-electron chi connectivity index (χ4n) is 3.12. The number of hydrazine groups is 1. The minimum Gasteiger partial charge on any atom is -0.271 e. The molecule has 4 atom stereocenters. The molecular weight excluding hydrogens is 371 g/mol. The third kappa shape index (κ3) is 3.63. The van der Waals surface area contributed by atoms with Crippen LogP contribution in [0.15, 0.2) is 18.2 Å². The predicted octanol–water partition coefficient (Wildman–Crippen LogP) is 4.52. The summed E-state index contributed by atoms with van der Waals surface area (Å²) in [5, 5.41) is 0.785. The number of halogens is 2. The number of benzene rings is 1. The van der Waals surface area contributed by atoms with E-state index in [2.05, 4.69) is 54.0 Å². The lowest BCUT2D eigenvalue weighted by molar-refractivity contribution is 0.171. The van der Waals surface area contributed by atoms with E-state index in [1.165, 1.54) is 28.4 Å². The molecule has 1 fully saturated rings. The van der Waals surface area contributed by atoms with Crippen molar-refractivity contribution < 1.29 is 0 Å². The molecule has 1 saturated carbocycles. The van der Waals surface area contributed by atoms with Crippen molar-refractivity contribution in [2.45, 2.75) is 39.2 Å². The molecule has 4 unspecified atom stereocenters. The number of hydrogen-bond acceptors (Lipinski definition) is 2. The van der Waals surface area contributed by atoms with Gasteiger partial charge in [-0.05, 0) is 76.9 Å². The minimum absolute atomic E-state index is 0.209. The number of nitrogens with two attached hydrogens (primary N) is 1. The van der Waals surface area contributed by atoms with E-state index in [9.17, 15) is 0 Å². The lowest BCUT2D eigenvalue weighted by atomic mass is 9.72. The van der Waals surface area contributed by atoms with Gasteiger partial charge in [0.25, 0.3) is 0 Å².